The Morgan fingerprint density at radius 2 is 1.47 bits per heavy atom. The lowest BCUT2D eigenvalue weighted by Crippen LogP contribution is -2.59. The predicted octanol–water partition coefficient (Wildman–Crippen LogP) is 0.260. The molecule has 14 heteroatoms. The molecule has 0 saturated heterocycles. The van der Waals surface area contributed by atoms with E-state index in [4.69, 9.17) is 10.8 Å². The molecule has 1 heterocycles. The van der Waals surface area contributed by atoms with E-state index < -0.39 is 78.6 Å². The van der Waals surface area contributed by atoms with Gasteiger partial charge < -0.3 is 42.2 Å². The Balaban J connectivity index is 2.19. The van der Waals surface area contributed by atoms with Crippen LogP contribution in [-0.4, -0.2) is 81.5 Å². The number of nitrogens with one attached hydrogen (secondary N) is 5. The average molecular weight is 603 g/mol. The van der Waals surface area contributed by atoms with Crippen molar-refractivity contribution in [3.63, 3.8) is 0 Å². The Bertz CT molecular complexity index is 1310. The van der Waals surface area contributed by atoms with Crippen LogP contribution >= 0.6 is 0 Å². The van der Waals surface area contributed by atoms with Gasteiger partial charge in [0.1, 0.15) is 24.2 Å². The number of aliphatic carboxylic acids is 2. The van der Waals surface area contributed by atoms with E-state index in [0.717, 1.165) is 10.9 Å². The summed E-state index contributed by atoms with van der Waals surface area (Å²) in [6, 6.07) is 2.56. The number of rotatable bonds is 17. The number of carboxylic acid groups (broad SMARTS) is 2. The van der Waals surface area contributed by atoms with Crippen LogP contribution in [-0.2, 0) is 35.2 Å². The fraction of sp³-hybridized carbons (Fsp3) is 0.517. The van der Waals surface area contributed by atoms with Crippen molar-refractivity contribution in [3.05, 3.63) is 36.0 Å². The lowest BCUT2D eigenvalue weighted by molar-refractivity contribution is -0.142. The number of carbonyl (C=O) groups is 6. The zero-order chi connectivity index (χ0) is 32.3. The van der Waals surface area contributed by atoms with Gasteiger partial charge in [-0.2, -0.15) is 0 Å². The first kappa shape index (κ1) is 34.7. The van der Waals surface area contributed by atoms with Crippen molar-refractivity contribution in [2.24, 2.45) is 17.6 Å². The van der Waals surface area contributed by atoms with Gasteiger partial charge in [-0.05, 0) is 36.3 Å². The number of H-pyrrole nitrogens is 1. The Labute approximate surface area is 249 Å². The molecule has 0 aliphatic heterocycles. The molecule has 2 rings (SSSR count). The van der Waals surface area contributed by atoms with Crippen LogP contribution in [0, 0.1) is 11.8 Å². The molecule has 43 heavy (non-hydrogen) atoms. The third-order valence-corrected chi connectivity index (χ3v) is 6.78. The number of carboxylic acids is 2. The van der Waals surface area contributed by atoms with Crippen molar-refractivity contribution in [1.82, 2.24) is 26.3 Å². The van der Waals surface area contributed by atoms with Crippen molar-refractivity contribution in [3.8, 4) is 0 Å². The summed E-state index contributed by atoms with van der Waals surface area (Å²) < 4.78 is 0. The fourth-order valence-electron chi connectivity index (χ4n) is 4.54. The molecular formula is C29H42N6O8. The molecule has 4 amide bonds. The molecule has 236 valence electrons. The SMILES string of the molecule is CC(C)C[C@H](NC(=O)[C@H](CCC(=O)O)NC(=O)CN)C(=O)N[C@H](C(=O)N[C@@H](Cc1c[nH]c2ccccc12)C(=O)O)C(C)C. The maximum Gasteiger partial charge on any atom is 0.326 e. The minimum Gasteiger partial charge on any atom is -0.481 e. The molecule has 2 aromatic rings. The Kier molecular flexibility index (Phi) is 13.1. The highest BCUT2D eigenvalue weighted by Crippen LogP contribution is 2.19. The van der Waals surface area contributed by atoms with Crippen LogP contribution in [0.4, 0.5) is 0 Å². The van der Waals surface area contributed by atoms with Gasteiger partial charge >= 0.3 is 11.9 Å². The van der Waals surface area contributed by atoms with Crippen LogP contribution < -0.4 is 27.0 Å². The average Bonchev–Trinajstić information content (AvgIpc) is 3.34. The molecular weight excluding hydrogens is 560 g/mol. The van der Waals surface area contributed by atoms with E-state index in [1.165, 1.54) is 0 Å². The van der Waals surface area contributed by atoms with Crippen molar-refractivity contribution in [2.75, 3.05) is 6.54 Å². The van der Waals surface area contributed by atoms with Gasteiger partial charge in [-0.15, -0.1) is 0 Å². The standard InChI is InChI=1S/C29H42N6O8/c1-15(2)11-21(33-26(39)20(9-10-24(37)38)32-23(36)13-30)27(40)35-25(16(3)4)28(41)34-22(29(42)43)12-17-14-31-19-8-6-5-7-18(17)19/h5-8,14-16,20-22,25,31H,9-13,30H2,1-4H3,(H,32,36)(H,33,39)(H,34,41)(H,35,40)(H,37,38)(H,42,43)/t20-,21-,22-,25-/m0/s1. The summed E-state index contributed by atoms with van der Waals surface area (Å²) in [7, 11) is 0. The third-order valence-electron chi connectivity index (χ3n) is 6.78. The number of hydrogen-bond donors (Lipinski definition) is 8. The highest BCUT2D eigenvalue weighted by molar-refractivity contribution is 5.95. The molecule has 4 atom stereocenters. The minimum absolute atomic E-state index is 0.00211. The highest BCUT2D eigenvalue weighted by Gasteiger charge is 2.33. The summed E-state index contributed by atoms with van der Waals surface area (Å²) in [6.07, 6.45) is 1.21. The third kappa shape index (κ3) is 10.7. The van der Waals surface area contributed by atoms with Crippen LogP contribution in [0.2, 0.25) is 0 Å². The normalized spacial score (nSPS) is 14.0. The largest absolute Gasteiger partial charge is 0.481 e. The van der Waals surface area contributed by atoms with Crippen LogP contribution in [0.15, 0.2) is 30.5 Å². The molecule has 0 saturated carbocycles. The second-order valence-electron chi connectivity index (χ2n) is 11.1. The summed E-state index contributed by atoms with van der Waals surface area (Å²) in [4.78, 5) is 77.8. The van der Waals surface area contributed by atoms with E-state index in [1.54, 1.807) is 20.0 Å². The van der Waals surface area contributed by atoms with E-state index in [0.29, 0.717) is 5.56 Å². The summed E-state index contributed by atoms with van der Waals surface area (Å²) in [5, 5.41) is 29.8. The second-order valence-corrected chi connectivity index (χ2v) is 11.1. The number of hydrogen-bond acceptors (Lipinski definition) is 7. The zero-order valence-electron chi connectivity index (χ0n) is 24.8. The lowest BCUT2D eigenvalue weighted by atomic mass is 9.98. The Hall–Kier alpha value is -4.46. The van der Waals surface area contributed by atoms with Gasteiger partial charge in [-0.1, -0.05) is 45.9 Å². The molecule has 0 aliphatic rings. The van der Waals surface area contributed by atoms with Gasteiger partial charge in [-0.25, -0.2) is 4.79 Å². The molecule has 1 aromatic carbocycles. The van der Waals surface area contributed by atoms with E-state index >= 15 is 0 Å². The number of benzene rings is 1. The van der Waals surface area contributed by atoms with Gasteiger partial charge in [-0.3, -0.25) is 24.0 Å². The number of fused-ring (bicyclic) bond motifs is 1. The van der Waals surface area contributed by atoms with Crippen LogP contribution in [0.5, 0.6) is 0 Å². The van der Waals surface area contributed by atoms with Crippen LogP contribution in [0.25, 0.3) is 10.9 Å². The van der Waals surface area contributed by atoms with Gasteiger partial charge in [0.25, 0.3) is 0 Å². The number of carbonyl (C=O) groups excluding carboxylic acids is 4. The maximum absolute atomic E-state index is 13.4. The number of para-hydroxylation sites is 1. The summed E-state index contributed by atoms with van der Waals surface area (Å²) in [6.45, 7) is 6.58. The van der Waals surface area contributed by atoms with E-state index in [1.807, 2.05) is 38.1 Å². The first-order valence-electron chi connectivity index (χ1n) is 14.1. The van der Waals surface area contributed by atoms with E-state index in [2.05, 4.69) is 26.3 Å². The molecule has 0 bridgehead atoms. The minimum atomic E-state index is -1.28. The monoisotopic (exact) mass is 602 g/mol. The smallest absolute Gasteiger partial charge is 0.326 e. The van der Waals surface area contributed by atoms with Gasteiger partial charge in [0, 0.05) is 29.9 Å². The van der Waals surface area contributed by atoms with Crippen molar-refractivity contribution >= 4 is 46.5 Å². The second kappa shape index (κ2) is 16.2. The van der Waals surface area contributed by atoms with Crippen LogP contribution in [0.3, 0.4) is 0 Å². The Morgan fingerprint density at radius 3 is 2.05 bits per heavy atom. The molecule has 9 N–H and O–H groups in total. The van der Waals surface area contributed by atoms with Crippen molar-refractivity contribution in [1.29, 1.82) is 0 Å². The molecule has 0 aliphatic carbocycles. The molecule has 1 aromatic heterocycles. The van der Waals surface area contributed by atoms with Crippen molar-refractivity contribution < 1.29 is 39.0 Å². The lowest BCUT2D eigenvalue weighted by Gasteiger charge is -2.28. The number of nitrogens with two attached hydrogens (primary N) is 1. The first-order valence-corrected chi connectivity index (χ1v) is 14.1. The number of aromatic nitrogens is 1. The number of aromatic amines is 1. The zero-order valence-corrected chi connectivity index (χ0v) is 24.8. The van der Waals surface area contributed by atoms with Gasteiger partial charge in [0.2, 0.25) is 23.6 Å². The van der Waals surface area contributed by atoms with Crippen molar-refractivity contribution in [2.45, 2.75) is 77.5 Å². The predicted molar refractivity (Wildman–Crippen MR) is 158 cm³/mol. The van der Waals surface area contributed by atoms with Gasteiger partial charge in [0.05, 0.1) is 6.54 Å². The topological polar surface area (TPSA) is 233 Å². The van der Waals surface area contributed by atoms with Gasteiger partial charge in [0.15, 0.2) is 0 Å². The Morgan fingerprint density at radius 1 is 0.837 bits per heavy atom. The highest BCUT2D eigenvalue weighted by atomic mass is 16.4. The summed E-state index contributed by atoms with van der Waals surface area (Å²) in [5.41, 5.74) is 6.84. The molecule has 0 unspecified atom stereocenters. The maximum atomic E-state index is 13.4. The van der Waals surface area contributed by atoms with Crippen LogP contribution in [0.1, 0.15) is 52.5 Å². The fourth-order valence-corrected chi connectivity index (χ4v) is 4.54. The summed E-state index contributed by atoms with van der Waals surface area (Å²) >= 11 is 0. The number of amides is 4. The molecule has 14 nitrogen and oxygen atoms in total. The molecule has 0 radical (unpaired) electrons. The first-order chi connectivity index (χ1) is 20.2. The molecule has 0 fully saturated rings. The summed E-state index contributed by atoms with van der Waals surface area (Å²) in [5.74, 6) is -5.80. The molecule has 0 spiro atoms. The van der Waals surface area contributed by atoms with E-state index in [-0.39, 0.29) is 25.2 Å². The quantitative estimate of drug-likeness (QED) is 0.124. The van der Waals surface area contributed by atoms with E-state index in [9.17, 15) is 33.9 Å².